The summed E-state index contributed by atoms with van der Waals surface area (Å²) in [4.78, 5) is 0. The molecule has 1 N–H and O–H groups in total. The zero-order valence-electron chi connectivity index (χ0n) is 11.4. The van der Waals surface area contributed by atoms with Gasteiger partial charge in [-0.25, -0.2) is 0 Å². The monoisotopic (exact) mass is 289 g/mol. The Morgan fingerprint density at radius 2 is 1.80 bits per heavy atom. The average Bonchev–Trinajstić information content (AvgIpc) is 2.93. The molecule has 3 heteroatoms. The molecule has 0 radical (unpaired) electrons. The number of benzene rings is 2. The lowest BCUT2D eigenvalue weighted by Gasteiger charge is -2.11. The first-order valence-electron chi connectivity index (χ1n) is 6.95. The second-order valence-electron chi connectivity index (χ2n) is 5.06. The van der Waals surface area contributed by atoms with Crippen molar-refractivity contribution in [3.05, 3.63) is 60.2 Å². The van der Waals surface area contributed by atoms with Gasteiger partial charge < -0.3 is 10.1 Å². The van der Waals surface area contributed by atoms with Gasteiger partial charge in [0.2, 0.25) is 0 Å². The molecule has 1 aliphatic rings. The van der Waals surface area contributed by atoms with Crippen molar-refractivity contribution in [1.82, 2.24) is 5.32 Å². The van der Waals surface area contributed by atoms with Crippen LogP contribution in [0.5, 0.6) is 11.5 Å². The molecule has 0 aromatic heterocycles. The number of halogens is 1. The van der Waals surface area contributed by atoms with E-state index < -0.39 is 0 Å². The SMILES string of the molecule is Cl.c1ccc(Oc2cccc(C[C@H]3CCCN3)c2)cc1. The smallest absolute Gasteiger partial charge is 0.127 e. The summed E-state index contributed by atoms with van der Waals surface area (Å²) in [5.41, 5.74) is 1.34. The van der Waals surface area contributed by atoms with Crippen LogP contribution in [0.3, 0.4) is 0 Å². The number of rotatable bonds is 4. The van der Waals surface area contributed by atoms with Crippen LogP contribution in [-0.4, -0.2) is 12.6 Å². The first-order valence-corrected chi connectivity index (χ1v) is 6.95. The molecule has 0 bridgehead atoms. The molecule has 3 rings (SSSR count). The molecule has 0 saturated carbocycles. The number of hydrogen-bond acceptors (Lipinski definition) is 2. The van der Waals surface area contributed by atoms with Crippen LogP contribution in [0.25, 0.3) is 0 Å². The van der Waals surface area contributed by atoms with Crippen molar-refractivity contribution in [3.63, 3.8) is 0 Å². The van der Waals surface area contributed by atoms with E-state index in [0.29, 0.717) is 6.04 Å². The van der Waals surface area contributed by atoms with Crippen LogP contribution in [0.15, 0.2) is 54.6 Å². The number of hydrogen-bond donors (Lipinski definition) is 1. The van der Waals surface area contributed by atoms with Gasteiger partial charge in [0, 0.05) is 6.04 Å². The first-order chi connectivity index (χ1) is 9.40. The summed E-state index contributed by atoms with van der Waals surface area (Å²) in [5.74, 6) is 1.81. The highest BCUT2D eigenvalue weighted by Gasteiger charge is 2.14. The van der Waals surface area contributed by atoms with Crippen LogP contribution in [0, 0.1) is 0 Å². The van der Waals surface area contributed by atoms with Crippen molar-refractivity contribution in [2.24, 2.45) is 0 Å². The number of ether oxygens (including phenoxy) is 1. The van der Waals surface area contributed by atoms with Gasteiger partial charge >= 0.3 is 0 Å². The maximum absolute atomic E-state index is 5.86. The van der Waals surface area contributed by atoms with Crippen LogP contribution in [-0.2, 0) is 6.42 Å². The molecule has 0 unspecified atom stereocenters. The van der Waals surface area contributed by atoms with E-state index in [1.54, 1.807) is 0 Å². The van der Waals surface area contributed by atoms with E-state index in [0.717, 1.165) is 24.5 Å². The van der Waals surface area contributed by atoms with Crippen molar-refractivity contribution >= 4 is 12.4 Å². The Balaban J connectivity index is 0.00000147. The van der Waals surface area contributed by atoms with Gasteiger partial charge in [-0.1, -0.05) is 30.3 Å². The molecule has 20 heavy (non-hydrogen) atoms. The lowest BCUT2D eigenvalue weighted by Crippen LogP contribution is -2.23. The van der Waals surface area contributed by atoms with Crippen molar-refractivity contribution < 1.29 is 4.74 Å². The third-order valence-electron chi connectivity index (χ3n) is 3.52. The average molecular weight is 290 g/mol. The minimum absolute atomic E-state index is 0. The van der Waals surface area contributed by atoms with Gasteiger partial charge in [0.15, 0.2) is 0 Å². The number of nitrogens with one attached hydrogen (secondary N) is 1. The van der Waals surface area contributed by atoms with E-state index in [9.17, 15) is 0 Å². The Hall–Kier alpha value is -1.51. The molecule has 2 aromatic rings. The first kappa shape index (κ1) is 14.9. The summed E-state index contributed by atoms with van der Waals surface area (Å²) >= 11 is 0. The second-order valence-corrected chi connectivity index (χ2v) is 5.06. The largest absolute Gasteiger partial charge is 0.457 e. The highest BCUT2D eigenvalue weighted by atomic mass is 35.5. The molecular formula is C17H20ClNO. The lowest BCUT2D eigenvalue weighted by atomic mass is 10.0. The van der Waals surface area contributed by atoms with E-state index in [4.69, 9.17) is 4.74 Å². The molecule has 1 atom stereocenters. The molecule has 1 aliphatic heterocycles. The third kappa shape index (κ3) is 3.99. The molecule has 106 valence electrons. The van der Waals surface area contributed by atoms with Gasteiger partial charge in [0.25, 0.3) is 0 Å². The minimum atomic E-state index is 0. The molecule has 0 spiro atoms. The predicted molar refractivity (Wildman–Crippen MR) is 84.9 cm³/mol. The molecule has 1 saturated heterocycles. The maximum Gasteiger partial charge on any atom is 0.127 e. The fourth-order valence-electron chi connectivity index (χ4n) is 2.58. The standard InChI is InChI=1S/C17H19NO.ClH/c1-2-8-16(9-3-1)19-17-10-4-6-14(13-17)12-15-7-5-11-18-15;/h1-4,6,8-10,13,15,18H,5,7,11-12H2;1H/t15-;/m1./s1. The summed E-state index contributed by atoms with van der Waals surface area (Å²) in [6.45, 7) is 1.16. The molecule has 0 amide bonds. The Morgan fingerprint density at radius 1 is 1.00 bits per heavy atom. The zero-order chi connectivity index (χ0) is 12.9. The zero-order valence-corrected chi connectivity index (χ0v) is 12.2. The molecule has 2 aromatic carbocycles. The van der Waals surface area contributed by atoms with E-state index in [-0.39, 0.29) is 12.4 Å². The Morgan fingerprint density at radius 3 is 2.55 bits per heavy atom. The van der Waals surface area contributed by atoms with Crippen molar-refractivity contribution in [3.8, 4) is 11.5 Å². The molecule has 0 aliphatic carbocycles. The Kier molecular flexibility index (Phi) is 5.45. The highest BCUT2D eigenvalue weighted by molar-refractivity contribution is 5.85. The van der Waals surface area contributed by atoms with E-state index >= 15 is 0 Å². The normalized spacial score (nSPS) is 17.5. The summed E-state index contributed by atoms with van der Waals surface area (Å²) in [7, 11) is 0. The lowest BCUT2D eigenvalue weighted by molar-refractivity contribution is 0.481. The quantitative estimate of drug-likeness (QED) is 0.911. The van der Waals surface area contributed by atoms with Crippen molar-refractivity contribution in [2.45, 2.75) is 25.3 Å². The summed E-state index contributed by atoms with van der Waals surface area (Å²) < 4.78 is 5.86. The summed E-state index contributed by atoms with van der Waals surface area (Å²) in [6.07, 6.45) is 3.67. The van der Waals surface area contributed by atoms with Crippen LogP contribution in [0.2, 0.25) is 0 Å². The minimum Gasteiger partial charge on any atom is -0.457 e. The van der Waals surface area contributed by atoms with E-state index in [1.807, 2.05) is 36.4 Å². The number of para-hydroxylation sites is 1. The van der Waals surface area contributed by atoms with Gasteiger partial charge in [-0.3, -0.25) is 0 Å². The van der Waals surface area contributed by atoms with Gasteiger partial charge in [0.1, 0.15) is 11.5 Å². The van der Waals surface area contributed by atoms with E-state index in [2.05, 4.69) is 23.5 Å². The maximum atomic E-state index is 5.86. The predicted octanol–water partition coefficient (Wildman–Crippen LogP) is 4.20. The topological polar surface area (TPSA) is 21.3 Å². The molecule has 2 nitrogen and oxygen atoms in total. The second kappa shape index (κ2) is 7.32. The Bertz CT molecular complexity index is 524. The molecular weight excluding hydrogens is 270 g/mol. The fraction of sp³-hybridized carbons (Fsp3) is 0.294. The van der Waals surface area contributed by atoms with Crippen molar-refractivity contribution in [1.29, 1.82) is 0 Å². The van der Waals surface area contributed by atoms with Gasteiger partial charge in [-0.15, -0.1) is 12.4 Å². The van der Waals surface area contributed by atoms with Crippen LogP contribution >= 0.6 is 12.4 Å². The van der Waals surface area contributed by atoms with Crippen LogP contribution < -0.4 is 10.1 Å². The molecule has 1 heterocycles. The van der Waals surface area contributed by atoms with Gasteiger partial charge in [-0.2, -0.15) is 0 Å². The Labute approximate surface area is 126 Å². The molecule has 1 fully saturated rings. The van der Waals surface area contributed by atoms with Gasteiger partial charge in [-0.05, 0) is 55.6 Å². The van der Waals surface area contributed by atoms with Crippen LogP contribution in [0.4, 0.5) is 0 Å². The van der Waals surface area contributed by atoms with Crippen LogP contribution in [0.1, 0.15) is 18.4 Å². The fourth-order valence-corrected chi connectivity index (χ4v) is 2.58. The summed E-state index contributed by atoms with van der Waals surface area (Å²) in [5, 5.41) is 3.53. The van der Waals surface area contributed by atoms with Gasteiger partial charge in [0.05, 0.1) is 0 Å². The van der Waals surface area contributed by atoms with E-state index in [1.165, 1.54) is 18.4 Å². The summed E-state index contributed by atoms with van der Waals surface area (Å²) in [6, 6.07) is 19.0. The third-order valence-corrected chi connectivity index (χ3v) is 3.52. The van der Waals surface area contributed by atoms with Crippen molar-refractivity contribution in [2.75, 3.05) is 6.54 Å². The highest BCUT2D eigenvalue weighted by Crippen LogP contribution is 2.23.